The van der Waals surface area contributed by atoms with Gasteiger partial charge in [-0.3, -0.25) is 19.8 Å². The normalized spacial score (nSPS) is 18.7. The van der Waals surface area contributed by atoms with E-state index in [4.69, 9.17) is 21.1 Å². The molecule has 3 aliphatic heterocycles. The molecule has 278 valence electrons. The van der Waals surface area contributed by atoms with Crippen molar-refractivity contribution in [1.82, 2.24) is 9.62 Å². The second-order valence-electron chi connectivity index (χ2n) is 14.0. The number of ether oxygens (including phenoxy) is 2. The molecule has 0 radical (unpaired) electrons. The summed E-state index contributed by atoms with van der Waals surface area (Å²) in [7, 11) is -4.42. The van der Waals surface area contributed by atoms with Gasteiger partial charge in [0.25, 0.3) is 21.6 Å². The van der Waals surface area contributed by atoms with Crippen molar-refractivity contribution in [3.63, 3.8) is 0 Å². The van der Waals surface area contributed by atoms with E-state index in [1.54, 1.807) is 18.2 Å². The molecule has 2 N–H and O–H groups in total. The lowest BCUT2D eigenvalue weighted by Gasteiger charge is -2.39. The fourth-order valence-electron chi connectivity index (χ4n) is 6.81. The van der Waals surface area contributed by atoms with Crippen LogP contribution < -0.4 is 14.9 Å². The fraction of sp³-hybridized carbons (Fsp3) is 0.432. The zero-order valence-corrected chi connectivity index (χ0v) is 32.4. The molecule has 0 saturated carbocycles. The summed E-state index contributed by atoms with van der Waals surface area (Å²) in [6.07, 6.45) is 2.50. The molecule has 3 aliphatic rings. The Kier molecular flexibility index (Phi) is 11.9. The van der Waals surface area contributed by atoms with Gasteiger partial charge in [-0.25, -0.2) is 13.1 Å². The second kappa shape index (κ2) is 16.2. The first-order valence-electron chi connectivity index (χ1n) is 17.3. The van der Waals surface area contributed by atoms with Crippen LogP contribution in [0.3, 0.4) is 0 Å². The van der Waals surface area contributed by atoms with E-state index in [-0.39, 0.29) is 27.4 Å². The first-order chi connectivity index (χ1) is 24.8. The Morgan fingerprint density at radius 1 is 1.04 bits per heavy atom. The van der Waals surface area contributed by atoms with Gasteiger partial charge in [0.2, 0.25) is 0 Å². The van der Waals surface area contributed by atoms with Crippen LogP contribution in [0.1, 0.15) is 49.0 Å². The van der Waals surface area contributed by atoms with Crippen LogP contribution in [0.4, 0.5) is 17.1 Å². The predicted octanol–water partition coefficient (Wildman–Crippen LogP) is 6.74. The quantitative estimate of drug-likeness (QED) is 0.158. The van der Waals surface area contributed by atoms with Gasteiger partial charge in [0.05, 0.1) is 27.6 Å². The monoisotopic (exact) mass is 815 g/mol. The van der Waals surface area contributed by atoms with Gasteiger partial charge in [-0.05, 0) is 108 Å². The van der Waals surface area contributed by atoms with E-state index in [0.29, 0.717) is 41.8 Å². The van der Waals surface area contributed by atoms with Crippen molar-refractivity contribution in [2.24, 2.45) is 5.92 Å². The van der Waals surface area contributed by atoms with Gasteiger partial charge in [0.15, 0.2) is 0 Å². The van der Waals surface area contributed by atoms with Crippen LogP contribution in [-0.4, -0.2) is 88.8 Å². The molecule has 3 heterocycles. The Morgan fingerprint density at radius 2 is 1.75 bits per heavy atom. The molecule has 0 unspecified atom stereocenters. The van der Waals surface area contributed by atoms with Gasteiger partial charge in [0.1, 0.15) is 5.69 Å². The number of anilines is 2. The van der Waals surface area contributed by atoms with Crippen molar-refractivity contribution >= 4 is 66.1 Å². The summed E-state index contributed by atoms with van der Waals surface area (Å²) in [5.41, 5.74) is 4.36. The standard InChI is InChI=1S/C37H43BrClN5O7S/c1-37(2)21-32(26-3-5-28(39)6-4-26)27(24-51-37)23-42-13-15-43(16-14-42)29-7-9-31(33(38)19-29)36(45)41-52(48,49)30-8-10-34(35(20-30)44(46)47)40-22-25-11-17-50-18-12-25/h3-10,19-20,25,40H,11-18,21-24H2,1-2H3,(H,41,45). The van der Waals surface area contributed by atoms with E-state index in [9.17, 15) is 23.3 Å². The minimum Gasteiger partial charge on any atom is -0.381 e. The zero-order chi connectivity index (χ0) is 37.0. The van der Waals surface area contributed by atoms with Crippen LogP contribution >= 0.6 is 27.5 Å². The van der Waals surface area contributed by atoms with Crippen molar-refractivity contribution in [3.8, 4) is 0 Å². The highest BCUT2D eigenvalue weighted by Gasteiger charge is 2.31. The Balaban J connectivity index is 1.07. The molecule has 0 aliphatic carbocycles. The number of hydrogen-bond acceptors (Lipinski definition) is 10. The van der Waals surface area contributed by atoms with Crippen molar-refractivity contribution in [1.29, 1.82) is 0 Å². The summed E-state index contributed by atoms with van der Waals surface area (Å²) in [6, 6.07) is 16.8. The number of carbonyl (C=O) groups is 1. The molecule has 0 spiro atoms. The lowest BCUT2D eigenvalue weighted by atomic mass is 9.87. The van der Waals surface area contributed by atoms with Gasteiger partial charge < -0.3 is 19.7 Å². The van der Waals surface area contributed by atoms with E-state index >= 15 is 0 Å². The van der Waals surface area contributed by atoms with Crippen LogP contribution in [0.25, 0.3) is 5.57 Å². The maximum atomic E-state index is 13.2. The van der Waals surface area contributed by atoms with Crippen LogP contribution in [0.5, 0.6) is 0 Å². The molecule has 2 saturated heterocycles. The molecule has 0 atom stereocenters. The minimum atomic E-state index is -4.42. The highest BCUT2D eigenvalue weighted by molar-refractivity contribution is 9.10. The average Bonchev–Trinajstić information content (AvgIpc) is 3.12. The average molecular weight is 817 g/mol. The summed E-state index contributed by atoms with van der Waals surface area (Å²) >= 11 is 9.63. The predicted molar refractivity (Wildman–Crippen MR) is 206 cm³/mol. The number of benzene rings is 3. The van der Waals surface area contributed by atoms with Crippen LogP contribution in [-0.2, 0) is 19.5 Å². The number of sulfonamides is 1. The number of rotatable bonds is 11. The van der Waals surface area contributed by atoms with E-state index in [0.717, 1.165) is 63.7 Å². The van der Waals surface area contributed by atoms with Gasteiger partial charge in [-0.2, -0.15) is 0 Å². The van der Waals surface area contributed by atoms with Crippen LogP contribution in [0.15, 0.2) is 75.6 Å². The molecule has 3 aromatic carbocycles. The maximum Gasteiger partial charge on any atom is 0.293 e. The number of nitrogens with one attached hydrogen (secondary N) is 2. The highest BCUT2D eigenvalue weighted by Crippen LogP contribution is 2.36. The summed E-state index contributed by atoms with van der Waals surface area (Å²) < 4.78 is 40.5. The third-order valence-corrected chi connectivity index (χ3v) is 12.1. The van der Waals surface area contributed by atoms with Crippen molar-refractivity contribution in [2.45, 2.75) is 43.6 Å². The Labute approximate surface area is 317 Å². The molecule has 52 heavy (non-hydrogen) atoms. The van der Waals surface area contributed by atoms with Gasteiger partial charge in [-0.1, -0.05) is 23.7 Å². The Bertz CT molecular complexity index is 1940. The lowest BCUT2D eigenvalue weighted by molar-refractivity contribution is -0.384. The number of piperazine rings is 1. The van der Waals surface area contributed by atoms with Gasteiger partial charge >= 0.3 is 0 Å². The third kappa shape index (κ3) is 9.33. The summed E-state index contributed by atoms with van der Waals surface area (Å²) in [5, 5.41) is 15.6. The van der Waals surface area contributed by atoms with Crippen molar-refractivity contribution < 1.29 is 27.6 Å². The topological polar surface area (TPSA) is 143 Å². The summed E-state index contributed by atoms with van der Waals surface area (Å²) in [6.45, 7) is 10.6. The van der Waals surface area contributed by atoms with E-state index in [1.807, 2.05) is 12.1 Å². The smallest absolute Gasteiger partial charge is 0.293 e. The third-order valence-electron chi connectivity index (χ3n) is 9.83. The number of nitro benzene ring substituents is 1. The van der Waals surface area contributed by atoms with E-state index in [1.165, 1.54) is 28.8 Å². The molecule has 15 heteroatoms. The number of amides is 1. The second-order valence-corrected chi connectivity index (χ2v) is 17.0. The van der Waals surface area contributed by atoms with E-state index in [2.05, 4.69) is 61.7 Å². The summed E-state index contributed by atoms with van der Waals surface area (Å²) in [4.78, 5) is 28.7. The van der Waals surface area contributed by atoms with Crippen molar-refractivity contribution in [3.05, 3.63) is 97.0 Å². The number of carbonyl (C=O) groups excluding carboxylic acids is 1. The number of halogens is 2. The number of hydrogen-bond donors (Lipinski definition) is 2. The largest absolute Gasteiger partial charge is 0.381 e. The van der Waals surface area contributed by atoms with Crippen molar-refractivity contribution in [2.75, 3.05) is 69.3 Å². The highest BCUT2D eigenvalue weighted by atomic mass is 79.9. The fourth-order valence-corrected chi connectivity index (χ4v) is 8.47. The first-order valence-corrected chi connectivity index (χ1v) is 20.0. The molecular formula is C37H43BrClN5O7S. The van der Waals surface area contributed by atoms with Crippen LogP contribution in [0, 0.1) is 16.0 Å². The first kappa shape index (κ1) is 38.2. The minimum absolute atomic E-state index is 0.122. The zero-order valence-electron chi connectivity index (χ0n) is 29.2. The molecule has 1 amide bonds. The molecule has 3 aromatic rings. The maximum absolute atomic E-state index is 13.2. The SMILES string of the molecule is CC1(C)CC(c2ccc(Cl)cc2)=C(CN2CCN(c3ccc(C(=O)NS(=O)(=O)c4ccc(NCC5CCOCC5)c([N+](=O)[O-])c4)c(Br)c3)CC2)CO1. The molecule has 0 aromatic heterocycles. The molecule has 0 bridgehead atoms. The molecular weight excluding hydrogens is 774 g/mol. The van der Waals surface area contributed by atoms with Gasteiger partial charge in [-0.15, -0.1) is 0 Å². The van der Waals surface area contributed by atoms with E-state index < -0.39 is 20.9 Å². The molecule has 12 nitrogen and oxygen atoms in total. The summed E-state index contributed by atoms with van der Waals surface area (Å²) in [5.74, 6) is -0.553. The molecule has 2 fully saturated rings. The Hall–Kier alpha value is -3.53. The molecule has 6 rings (SSSR count). The Morgan fingerprint density at radius 3 is 2.42 bits per heavy atom. The van der Waals surface area contributed by atoms with Gasteiger partial charge in [0, 0.05) is 80.2 Å². The van der Waals surface area contributed by atoms with Crippen LogP contribution in [0.2, 0.25) is 5.02 Å². The lowest BCUT2D eigenvalue weighted by Crippen LogP contribution is -2.47. The number of nitrogens with zero attached hydrogens (tertiary/aromatic N) is 3. The number of nitro groups is 1.